The maximum atomic E-state index is 12.2. The van der Waals surface area contributed by atoms with Gasteiger partial charge in [0.1, 0.15) is 0 Å². The van der Waals surface area contributed by atoms with E-state index in [-0.39, 0.29) is 12.1 Å². The fourth-order valence-electron chi connectivity index (χ4n) is 3.42. The number of carbonyl (C=O) groups is 1. The lowest BCUT2D eigenvalue weighted by molar-refractivity contribution is 0.235. The molecule has 2 aromatic heterocycles. The highest BCUT2D eigenvalue weighted by Crippen LogP contribution is 2.28. The van der Waals surface area contributed by atoms with E-state index in [0.29, 0.717) is 29.7 Å². The second-order valence-corrected chi connectivity index (χ2v) is 7.22. The minimum Gasteiger partial charge on any atom is -0.339 e. The second-order valence-electron chi connectivity index (χ2n) is 6.78. The predicted octanol–water partition coefficient (Wildman–Crippen LogP) is 3.04. The number of aryl methyl sites for hydroxylation is 1. The number of fused-ring (bicyclic) bond motifs is 1. The van der Waals surface area contributed by atoms with Crippen LogP contribution in [0.25, 0.3) is 11.4 Å². The molecule has 0 saturated heterocycles. The van der Waals surface area contributed by atoms with Crippen molar-refractivity contribution in [2.45, 2.75) is 31.7 Å². The molecule has 1 aromatic carbocycles. The Hall–Kier alpha value is -2.87. The van der Waals surface area contributed by atoms with E-state index < -0.39 is 0 Å². The van der Waals surface area contributed by atoms with Gasteiger partial charge in [0.2, 0.25) is 11.7 Å². The third kappa shape index (κ3) is 4.01. The lowest BCUT2D eigenvalue weighted by Gasteiger charge is -2.23. The van der Waals surface area contributed by atoms with Crippen LogP contribution in [0.2, 0.25) is 5.02 Å². The first-order valence-electron chi connectivity index (χ1n) is 9.24. The SMILES string of the molecule is Cn1ncc2c1CCCC2NC(=O)NCCc1nc(-c2ccc(Cl)cc2)no1. The standard InChI is InChI=1S/C19H21ClN6O2/c1-26-16-4-2-3-15(14(16)11-22-26)23-19(27)21-10-9-17-24-18(25-28-17)12-5-7-13(20)8-6-12/h5-8,11,15H,2-4,9-10H2,1H3,(H2,21,23,27). The summed E-state index contributed by atoms with van der Waals surface area (Å²) in [7, 11) is 1.93. The Morgan fingerprint density at radius 2 is 2.18 bits per heavy atom. The number of nitrogens with one attached hydrogen (secondary N) is 2. The van der Waals surface area contributed by atoms with Crippen molar-refractivity contribution >= 4 is 17.6 Å². The van der Waals surface area contributed by atoms with Crippen molar-refractivity contribution in [1.82, 2.24) is 30.6 Å². The highest BCUT2D eigenvalue weighted by Gasteiger charge is 2.24. The molecule has 9 heteroatoms. The summed E-state index contributed by atoms with van der Waals surface area (Å²) in [6.45, 7) is 0.403. The number of amides is 2. The summed E-state index contributed by atoms with van der Waals surface area (Å²) in [5.41, 5.74) is 3.13. The Balaban J connectivity index is 1.28. The molecule has 0 aliphatic heterocycles. The van der Waals surface area contributed by atoms with Gasteiger partial charge >= 0.3 is 6.03 Å². The number of hydrogen-bond donors (Lipinski definition) is 2. The molecule has 1 atom stereocenters. The third-order valence-corrected chi connectivity index (χ3v) is 5.13. The summed E-state index contributed by atoms with van der Waals surface area (Å²) in [6.07, 6.45) is 5.25. The van der Waals surface area contributed by atoms with Crippen molar-refractivity contribution < 1.29 is 9.32 Å². The van der Waals surface area contributed by atoms with Gasteiger partial charge in [0.05, 0.1) is 12.2 Å². The maximum absolute atomic E-state index is 12.2. The minimum absolute atomic E-state index is 0.00244. The van der Waals surface area contributed by atoms with E-state index in [2.05, 4.69) is 25.9 Å². The van der Waals surface area contributed by atoms with Crippen LogP contribution >= 0.6 is 11.6 Å². The summed E-state index contributed by atoms with van der Waals surface area (Å²) in [4.78, 5) is 16.6. The fraction of sp³-hybridized carbons (Fsp3) is 0.368. The summed E-state index contributed by atoms with van der Waals surface area (Å²) in [5, 5.41) is 14.8. The highest BCUT2D eigenvalue weighted by atomic mass is 35.5. The molecule has 0 bridgehead atoms. The summed E-state index contributed by atoms with van der Waals surface area (Å²) >= 11 is 5.89. The molecule has 2 amide bonds. The molecule has 3 aromatic rings. The number of rotatable bonds is 5. The van der Waals surface area contributed by atoms with E-state index >= 15 is 0 Å². The highest BCUT2D eigenvalue weighted by molar-refractivity contribution is 6.30. The number of nitrogens with zero attached hydrogens (tertiary/aromatic N) is 4. The van der Waals surface area contributed by atoms with Gasteiger partial charge in [-0.2, -0.15) is 10.1 Å². The van der Waals surface area contributed by atoms with Gasteiger partial charge in [0.15, 0.2) is 0 Å². The van der Waals surface area contributed by atoms with Gasteiger partial charge in [-0.25, -0.2) is 4.79 Å². The van der Waals surface area contributed by atoms with Gasteiger partial charge in [-0.1, -0.05) is 16.8 Å². The van der Waals surface area contributed by atoms with Crippen LogP contribution in [0, 0.1) is 0 Å². The van der Waals surface area contributed by atoms with Crippen LogP contribution < -0.4 is 10.6 Å². The van der Waals surface area contributed by atoms with Gasteiger partial charge in [0.25, 0.3) is 0 Å². The zero-order chi connectivity index (χ0) is 19.5. The third-order valence-electron chi connectivity index (χ3n) is 4.88. The number of halogens is 1. The lowest BCUT2D eigenvalue weighted by Crippen LogP contribution is -2.39. The number of hydrogen-bond acceptors (Lipinski definition) is 5. The average Bonchev–Trinajstić information content (AvgIpc) is 3.30. The maximum Gasteiger partial charge on any atom is 0.315 e. The molecule has 28 heavy (non-hydrogen) atoms. The molecule has 146 valence electrons. The van der Waals surface area contributed by atoms with Gasteiger partial charge in [0, 0.05) is 41.9 Å². The van der Waals surface area contributed by atoms with E-state index in [1.54, 1.807) is 12.1 Å². The largest absolute Gasteiger partial charge is 0.339 e. The zero-order valence-electron chi connectivity index (χ0n) is 15.5. The first-order valence-corrected chi connectivity index (χ1v) is 9.61. The van der Waals surface area contributed by atoms with E-state index in [1.807, 2.05) is 30.1 Å². The van der Waals surface area contributed by atoms with Crippen LogP contribution in [0.3, 0.4) is 0 Å². The Labute approximate surface area is 167 Å². The van der Waals surface area contributed by atoms with Crippen LogP contribution in [-0.2, 0) is 19.9 Å². The Bertz CT molecular complexity index is 965. The summed E-state index contributed by atoms with van der Waals surface area (Å²) < 4.78 is 7.14. The number of aromatic nitrogens is 4. The van der Waals surface area contributed by atoms with E-state index in [9.17, 15) is 4.79 Å². The quantitative estimate of drug-likeness (QED) is 0.686. The van der Waals surface area contributed by atoms with E-state index in [1.165, 1.54) is 5.69 Å². The van der Waals surface area contributed by atoms with Crippen molar-refractivity contribution in [3.8, 4) is 11.4 Å². The first kappa shape index (κ1) is 18.5. The molecular formula is C19H21ClN6O2. The lowest BCUT2D eigenvalue weighted by atomic mass is 9.93. The van der Waals surface area contributed by atoms with E-state index in [4.69, 9.17) is 16.1 Å². The average molecular weight is 401 g/mol. The molecule has 2 heterocycles. The van der Waals surface area contributed by atoms with Crippen molar-refractivity contribution in [2.75, 3.05) is 6.54 Å². The smallest absolute Gasteiger partial charge is 0.315 e. The Kier molecular flexibility index (Phi) is 5.29. The number of carbonyl (C=O) groups excluding carboxylic acids is 1. The van der Waals surface area contributed by atoms with Crippen LogP contribution in [0.5, 0.6) is 0 Å². The van der Waals surface area contributed by atoms with Crippen molar-refractivity contribution in [2.24, 2.45) is 7.05 Å². The van der Waals surface area contributed by atoms with Gasteiger partial charge in [-0.05, 0) is 43.5 Å². The fourth-order valence-corrected chi connectivity index (χ4v) is 3.55. The van der Waals surface area contributed by atoms with Crippen molar-refractivity contribution in [3.63, 3.8) is 0 Å². The molecule has 0 saturated carbocycles. The Morgan fingerprint density at radius 1 is 1.36 bits per heavy atom. The Morgan fingerprint density at radius 3 is 3.00 bits per heavy atom. The molecule has 0 fully saturated rings. The summed E-state index contributed by atoms with van der Waals surface area (Å²) in [6, 6.07) is 7.01. The molecule has 1 aliphatic rings. The van der Waals surface area contributed by atoms with E-state index in [0.717, 1.165) is 30.4 Å². The van der Waals surface area contributed by atoms with Crippen LogP contribution in [0.1, 0.15) is 36.0 Å². The topological polar surface area (TPSA) is 97.9 Å². The molecule has 1 unspecified atom stereocenters. The number of benzene rings is 1. The van der Waals surface area contributed by atoms with Gasteiger partial charge < -0.3 is 15.2 Å². The van der Waals surface area contributed by atoms with Gasteiger partial charge in [-0.3, -0.25) is 4.68 Å². The van der Waals surface area contributed by atoms with Crippen molar-refractivity contribution in [1.29, 1.82) is 0 Å². The first-order chi connectivity index (χ1) is 13.6. The molecule has 1 aliphatic carbocycles. The van der Waals surface area contributed by atoms with Crippen LogP contribution in [-0.4, -0.2) is 32.5 Å². The normalized spacial score (nSPS) is 15.9. The predicted molar refractivity (Wildman–Crippen MR) is 104 cm³/mol. The van der Waals surface area contributed by atoms with Crippen LogP contribution in [0.15, 0.2) is 35.0 Å². The molecule has 2 N–H and O–H groups in total. The monoisotopic (exact) mass is 400 g/mol. The van der Waals surface area contributed by atoms with Crippen LogP contribution in [0.4, 0.5) is 4.79 Å². The number of urea groups is 1. The minimum atomic E-state index is -0.209. The molecule has 4 rings (SSSR count). The molecule has 8 nitrogen and oxygen atoms in total. The van der Waals surface area contributed by atoms with Crippen molar-refractivity contribution in [3.05, 3.63) is 52.6 Å². The molecular weight excluding hydrogens is 380 g/mol. The summed E-state index contributed by atoms with van der Waals surface area (Å²) in [5.74, 6) is 0.972. The molecule has 0 radical (unpaired) electrons. The second kappa shape index (κ2) is 8.02. The van der Waals surface area contributed by atoms with Gasteiger partial charge in [-0.15, -0.1) is 0 Å². The molecule has 0 spiro atoms. The zero-order valence-corrected chi connectivity index (χ0v) is 16.2.